The molecular formula is C12H18ClN3O6S. The van der Waals surface area contributed by atoms with Crippen molar-refractivity contribution in [2.45, 2.75) is 18.9 Å². The molecule has 1 aliphatic heterocycles. The highest BCUT2D eigenvalue weighted by Gasteiger charge is 2.37. The van der Waals surface area contributed by atoms with Gasteiger partial charge in [-0.2, -0.15) is 15.6 Å². The number of aliphatic hydroxyl groups is 1. The van der Waals surface area contributed by atoms with Crippen LogP contribution in [0.25, 0.3) is 0 Å². The third kappa shape index (κ3) is 4.15. The summed E-state index contributed by atoms with van der Waals surface area (Å²) in [7, 11) is -2.63. The Morgan fingerprint density at radius 3 is 2.57 bits per heavy atom. The number of rotatable bonds is 4. The second-order valence-electron chi connectivity index (χ2n) is 5.30. The summed E-state index contributed by atoms with van der Waals surface area (Å²) in [5.74, 6) is -0.788. The van der Waals surface area contributed by atoms with Gasteiger partial charge in [0.05, 0.1) is 18.8 Å². The molecule has 0 bridgehead atoms. The first-order valence-corrected chi connectivity index (χ1v) is 9.09. The molecule has 130 valence electrons. The van der Waals surface area contributed by atoms with Crippen LogP contribution in [-0.2, 0) is 0 Å². The van der Waals surface area contributed by atoms with Crippen molar-refractivity contribution in [2.75, 3.05) is 23.0 Å². The van der Waals surface area contributed by atoms with E-state index in [1.165, 1.54) is 0 Å². The number of anilines is 1. The van der Waals surface area contributed by atoms with Crippen molar-refractivity contribution in [3.05, 3.63) is 11.5 Å². The van der Waals surface area contributed by atoms with E-state index < -0.39 is 35.1 Å². The minimum absolute atomic E-state index is 0.151. The summed E-state index contributed by atoms with van der Waals surface area (Å²) in [6, 6.07) is -0.889. The van der Waals surface area contributed by atoms with Gasteiger partial charge in [-0.1, -0.05) is 0 Å². The van der Waals surface area contributed by atoms with Crippen LogP contribution in [0.15, 0.2) is 6.20 Å². The number of hydrogen-bond donors (Lipinski definition) is 5. The first-order valence-electron chi connectivity index (χ1n) is 6.83. The molecule has 5 N–H and O–H groups in total. The number of nitrogens with zero attached hydrogens (tertiary/aromatic N) is 3. The predicted molar refractivity (Wildman–Crippen MR) is 85.4 cm³/mol. The zero-order valence-corrected chi connectivity index (χ0v) is 13.6. The maximum Gasteiger partial charge on any atom is 0.413 e. The first-order chi connectivity index (χ1) is 10.7. The average Bonchev–Trinajstić information content (AvgIpc) is 2.48. The molecule has 1 aromatic heterocycles. The Balaban J connectivity index is 2.31. The SMILES string of the molecule is O=C(O)N(c1nc(Cl)ncc1O)C(CO)C1CCS(O)(O)CC1. The Bertz CT molecular complexity index is 580. The van der Waals surface area contributed by atoms with Gasteiger partial charge in [-0.3, -0.25) is 14.0 Å². The Morgan fingerprint density at radius 1 is 1.43 bits per heavy atom. The Kier molecular flexibility index (Phi) is 5.53. The number of carbonyl (C=O) groups is 1. The molecule has 2 heterocycles. The summed E-state index contributed by atoms with van der Waals surface area (Å²) in [6.07, 6.45) is 0.256. The van der Waals surface area contributed by atoms with Gasteiger partial charge in [0, 0.05) is 11.5 Å². The lowest BCUT2D eigenvalue weighted by atomic mass is 9.93. The van der Waals surface area contributed by atoms with Crippen molar-refractivity contribution in [3.63, 3.8) is 0 Å². The van der Waals surface area contributed by atoms with Gasteiger partial charge in [0.15, 0.2) is 11.6 Å². The van der Waals surface area contributed by atoms with Crippen molar-refractivity contribution < 1.29 is 29.2 Å². The van der Waals surface area contributed by atoms with Crippen molar-refractivity contribution in [3.8, 4) is 5.75 Å². The smallest absolute Gasteiger partial charge is 0.413 e. The fourth-order valence-corrected chi connectivity index (χ4v) is 4.36. The monoisotopic (exact) mass is 367 g/mol. The maximum atomic E-state index is 11.6. The van der Waals surface area contributed by atoms with Crippen LogP contribution in [0, 0.1) is 5.92 Å². The van der Waals surface area contributed by atoms with E-state index in [0.29, 0.717) is 12.8 Å². The van der Waals surface area contributed by atoms with Crippen molar-refractivity contribution in [2.24, 2.45) is 5.92 Å². The summed E-state index contributed by atoms with van der Waals surface area (Å²) in [6.45, 7) is -0.503. The zero-order chi connectivity index (χ0) is 17.2. The molecule has 1 amide bonds. The minimum atomic E-state index is -2.63. The highest BCUT2D eigenvalue weighted by atomic mass is 35.5. The molecular weight excluding hydrogens is 350 g/mol. The van der Waals surface area contributed by atoms with E-state index in [-0.39, 0.29) is 28.5 Å². The molecule has 0 aromatic carbocycles. The van der Waals surface area contributed by atoms with Gasteiger partial charge in [-0.05, 0) is 30.4 Å². The van der Waals surface area contributed by atoms with Crippen molar-refractivity contribution >= 4 is 34.1 Å². The van der Waals surface area contributed by atoms with E-state index in [4.69, 9.17) is 11.6 Å². The summed E-state index contributed by atoms with van der Waals surface area (Å²) in [4.78, 5) is 19.7. The van der Waals surface area contributed by atoms with E-state index in [9.17, 15) is 29.2 Å². The predicted octanol–water partition coefficient (Wildman–Crippen LogP) is 1.84. The lowest BCUT2D eigenvalue weighted by molar-refractivity contribution is 0.173. The number of amides is 1. The number of halogens is 1. The topological polar surface area (TPSA) is 147 Å². The Labute approximate surface area is 138 Å². The van der Waals surface area contributed by atoms with E-state index >= 15 is 0 Å². The summed E-state index contributed by atoms with van der Waals surface area (Å²) < 4.78 is 19.3. The van der Waals surface area contributed by atoms with Gasteiger partial charge < -0.3 is 15.3 Å². The number of aliphatic hydroxyl groups excluding tert-OH is 1. The maximum absolute atomic E-state index is 11.6. The van der Waals surface area contributed by atoms with Crippen LogP contribution in [0.4, 0.5) is 10.6 Å². The van der Waals surface area contributed by atoms with Crippen LogP contribution in [0.3, 0.4) is 0 Å². The lowest BCUT2D eigenvalue weighted by Crippen LogP contribution is -2.48. The molecule has 1 aliphatic rings. The van der Waals surface area contributed by atoms with Crippen LogP contribution in [0.2, 0.25) is 5.28 Å². The molecule has 1 aromatic rings. The molecule has 9 nitrogen and oxygen atoms in total. The highest BCUT2D eigenvalue weighted by Crippen LogP contribution is 2.47. The molecule has 11 heteroatoms. The van der Waals surface area contributed by atoms with Gasteiger partial charge in [0.1, 0.15) is 0 Å². The standard InChI is InChI=1S/C12H18ClN3O6S/c13-11-14-5-9(18)10(15-11)16(12(19)20)8(6-17)7-1-3-23(21,22)4-2-7/h5,7-8,17-18,21-22H,1-4,6H2,(H,19,20). The zero-order valence-electron chi connectivity index (χ0n) is 12.0. The van der Waals surface area contributed by atoms with E-state index in [0.717, 1.165) is 11.1 Å². The Morgan fingerprint density at radius 2 is 2.04 bits per heavy atom. The van der Waals surface area contributed by atoms with Gasteiger partial charge in [0.25, 0.3) is 0 Å². The highest BCUT2D eigenvalue weighted by molar-refractivity contribution is 8.24. The molecule has 0 spiro atoms. The number of aromatic hydroxyl groups is 1. The molecule has 0 radical (unpaired) electrons. The molecule has 0 saturated carbocycles. The molecule has 23 heavy (non-hydrogen) atoms. The van der Waals surface area contributed by atoms with Gasteiger partial charge in [-0.15, -0.1) is 0 Å². The summed E-state index contributed by atoms with van der Waals surface area (Å²) >= 11 is 5.66. The molecule has 1 atom stereocenters. The quantitative estimate of drug-likeness (QED) is 0.506. The second kappa shape index (κ2) is 7.05. The van der Waals surface area contributed by atoms with Crippen molar-refractivity contribution in [1.82, 2.24) is 9.97 Å². The second-order valence-corrected chi connectivity index (χ2v) is 8.06. The lowest BCUT2D eigenvalue weighted by Gasteiger charge is -2.43. The molecule has 1 unspecified atom stereocenters. The molecule has 0 aliphatic carbocycles. The normalized spacial score (nSPS) is 20.7. The van der Waals surface area contributed by atoms with E-state index in [2.05, 4.69) is 9.97 Å². The number of carboxylic acid groups (broad SMARTS) is 1. The van der Waals surface area contributed by atoms with Crippen LogP contribution >= 0.6 is 22.2 Å². The fraction of sp³-hybridized carbons (Fsp3) is 0.583. The molecule has 1 fully saturated rings. The first kappa shape index (κ1) is 18.0. The van der Waals surface area contributed by atoms with Gasteiger partial charge in [-0.25, -0.2) is 9.78 Å². The molecule has 1 saturated heterocycles. The van der Waals surface area contributed by atoms with E-state index in [1.54, 1.807) is 0 Å². The van der Waals surface area contributed by atoms with Crippen LogP contribution in [0.5, 0.6) is 5.75 Å². The number of hydrogen-bond acceptors (Lipinski definition) is 7. The number of aromatic nitrogens is 2. The van der Waals surface area contributed by atoms with Crippen molar-refractivity contribution in [1.29, 1.82) is 0 Å². The minimum Gasteiger partial charge on any atom is -0.503 e. The van der Waals surface area contributed by atoms with Crippen LogP contribution < -0.4 is 4.90 Å². The summed E-state index contributed by atoms with van der Waals surface area (Å²) in [5, 5.41) is 28.7. The van der Waals surface area contributed by atoms with Crippen LogP contribution in [0.1, 0.15) is 12.8 Å². The average molecular weight is 368 g/mol. The van der Waals surface area contributed by atoms with E-state index in [1.807, 2.05) is 0 Å². The van der Waals surface area contributed by atoms with Gasteiger partial charge >= 0.3 is 6.09 Å². The largest absolute Gasteiger partial charge is 0.503 e. The van der Waals surface area contributed by atoms with Gasteiger partial charge in [0.2, 0.25) is 5.28 Å². The molecule has 2 rings (SSSR count). The Hall–Kier alpha value is -1.33. The third-order valence-electron chi connectivity index (χ3n) is 3.85. The fourth-order valence-electron chi connectivity index (χ4n) is 2.67. The van der Waals surface area contributed by atoms with Crippen LogP contribution in [-0.4, -0.2) is 64.6 Å². The summed E-state index contributed by atoms with van der Waals surface area (Å²) in [5.41, 5.74) is 0. The third-order valence-corrected chi connectivity index (χ3v) is 5.81.